The number of hydrogen-bond acceptors (Lipinski definition) is 4. The number of nitro benzene ring substituents is 1. The molecule has 0 radical (unpaired) electrons. The lowest BCUT2D eigenvalue weighted by Crippen LogP contribution is -2.12. The van der Waals surface area contributed by atoms with Crippen molar-refractivity contribution < 1.29 is 13.3 Å². The van der Waals surface area contributed by atoms with Crippen LogP contribution in [0.25, 0.3) is 4.85 Å². The van der Waals surface area contributed by atoms with Gasteiger partial charge in [-0.25, -0.2) is 15.0 Å². The molecule has 0 N–H and O–H groups in total. The fourth-order valence-electron chi connectivity index (χ4n) is 2.03. The fraction of sp³-hybridized carbons (Fsp3) is 0.133. The third kappa shape index (κ3) is 2.82. The van der Waals surface area contributed by atoms with E-state index < -0.39 is 20.1 Å². The average molecular weight is 316 g/mol. The summed E-state index contributed by atoms with van der Waals surface area (Å²) in [6.07, 6.45) is 0. The van der Waals surface area contributed by atoms with Crippen LogP contribution in [0.5, 0.6) is 0 Å². The number of rotatable bonds is 4. The highest BCUT2D eigenvalue weighted by Gasteiger charge is 2.39. The second kappa shape index (κ2) is 5.95. The molecule has 0 heterocycles. The molecule has 22 heavy (non-hydrogen) atoms. The Balaban J connectivity index is 2.60. The van der Waals surface area contributed by atoms with E-state index >= 15 is 0 Å². The van der Waals surface area contributed by atoms with Gasteiger partial charge in [-0.05, 0) is 25.1 Å². The monoisotopic (exact) mass is 316 g/mol. The van der Waals surface area contributed by atoms with Crippen molar-refractivity contribution in [3.05, 3.63) is 81.2 Å². The zero-order valence-electron chi connectivity index (χ0n) is 11.6. The van der Waals surface area contributed by atoms with E-state index in [-0.39, 0.29) is 16.1 Å². The highest BCUT2D eigenvalue weighted by atomic mass is 32.2. The first kappa shape index (κ1) is 15.7. The Morgan fingerprint density at radius 2 is 1.73 bits per heavy atom. The van der Waals surface area contributed by atoms with Crippen molar-refractivity contribution in [2.75, 3.05) is 0 Å². The number of nitro groups is 1. The van der Waals surface area contributed by atoms with Gasteiger partial charge in [-0.15, -0.1) is 0 Å². The summed E-state index contributed by atoms with van der Waals surface area (Å²) >= 11 is 0. The van der Waals surface area contributed by atoms with E-state index in [1.807, 2.05) is 6.92 Å². The summed E-state index contributed by atoms with van der Waals surface area (Å²) in [5.74, 6) is 0. The standard InChI is InChI=1S/C15H12N2O4S/c1-11-7-9-12(10-8-11)22(20,21)15(16-2)13-5-3-4-6-14(13)17(18)19/h3-10,15H,1H3/t15-/m1/s1. The molecule has 0 bridgehead atoms. The van der Waals surface area contributed by atoms with Crippen molar-refractivity contribution in [2.45, 2.75) is 17.2 Å². The van der Waals surface area contributed by atoms with Gasteiger partial charge >= 0.3 is 5.37 Å². The molecule has 0 aliphatic rings. The number of aryl methyl sites for hydroxylation is 1. The Labute approximate surface area is 127 Å². The maximum absolute atomic E-state index is 12.6. The molecule has 0 aliphatic heterocycles. The summed E-state index contributed by atoms with van der Waals surface area (Å²) in [7, 11) is -4.04. The van der Waals surface area contributed by atoms with Gasteiger partial charge in [-0.2, -0.15) is 0 Å². The van der Waals surface area contributed by atoms with Crippen molar-refractivity contribution in [3.63, 3.8) is 0 Å². The second-order valence-electron chi connectivity index (χ2n) is 4.66. The van der Waals surface area contributed by atoms with Gasteiger partial charge in [0.05, 0.1) is 9.82 Å². The number of para-hydroxylation sites is 1. The molecule has 0 aliphatic carbocycles. The smallest absolute Gasteiger partial charge is 0.290 e. The van der Waals surface area contributed by atoms with Crippen LogP contribution in [0.3, 0.4) is 0 Å². The zero-order valence-corrected chi connectivity index (χ0v) is 12.4. The highest BCUT2D eigenvalue weighted by molar-refractivity contribution is 7.91. The Hall–Kier alpha value is -2.72. The van der Waals surface area contributed by atoms with Crippen LogP contribution in [0.1, 0.15) is 16.5 Å². The minimum absolute atomic E-state index is 0.0303. The number of sulfone groups is 1. The molecule has 2 aromatic rings. The third-order valence-electron chi connectivity index (χ3n) is 3.16. The molecule has 0 fully saturated rings. The van der Waals surface area contributed by atoms with E-state index in [4.69, 9.17) is 6.57 Å². The van der Waals surface area contributed by atoms with Crippen LogP contribution in [0.2, 0.25) is 0 Å². The van der Waals surface area contributed by atoms with Crippen molar-refractivity contribution in [1.29, 1.82) is 0 Å². The van der Waals surface area contributed by atoms with Crippen LogP contribution in [0, 0.1) is 23.6 Å². The van der Waals surface area contributed by atoms with Gasteiger partial charge in [0.25, 0.3) is 15.5 Å². The molecular formula is C15H12N2O4S. The largest absolute Gasteiger partial charge is 0.356 e. The number of nitrogens with zero attached hydrogens (tertiary/aromatic N) is 2. The molecule has 0 amide bonds. The predicted molar refractivity (Wildman–Crippen MR) is 80.8 cm³/mol. The van der Waals surface area contributed by atoms with Crippen LogP contribution < -0.4 is 0 Å². The van der Waals surface area contributed by atoms with Crippen molar-refractivity contribution in [2.24, 2.45) is 0 Å². The van der Waals surface area contributed by atoms with Crippen LogP contribution in [0.4, 0.5) is 5.69 Å². The molecule has 7 heteroatoms. The van der Waals surface area contributed by atoms with Gasteiger partial charge in [-0.3, -0.25) is 15.0 Å². The first-order valence-corrected chi connectivity index (χ1v) is 7.83. The van der Waals surface area contributed by atoms with E-state index in [0.29, 0.717) is 0 Å². The maximum atomic E-state index is 12.6. The van der Waals surface area contributed by atoms with Crippen LogP contribution in [-0.2, 0) is 9.84 Å². The summed E-state index contributed by atoms with van der Waals surface area (Å²) < 4.78 is 25.2. The SMILES string of the molecule is [C-]#[N+][C@@H](c1ccccc1[N+](=O)[O-])S(=O)(=O)c1ccc(C)cc1. The van der Waals surface area contributed by atoms with Crippen LogP contribution in [-0.4, -0.2) is 13.3 Å². The van der Waals surface area contributed by atoms with E-state index in [1.54, 1.807) is 12.1 Å². The van der Waals surface area contributed by atoms with Gasteiger partial charge in [0.2, 0.25) is 0 Å². The van der Waals surface area contributed by atoms with E-state index in [0.717, 1.165) is 5.56 Å². The van der Waals surface area contributed by atoms with Crippen molar-refractivity contribution in [1.82, 2.24) is 0 Å². The van der Waals surface area contributed by atoms with Crippen molar-refractivity contribution in [3.8, 4) is 0 Å². The van der Waals surface area contributed by atoms with Crippen LogP contribution >= 0.6 is 0 Å². The Bertz CT molecular complexity index is 852. The number of hydrogen-bond donors (Lipinski definition) is 0. The zero-order chi connectivity index (χ0) is 16.3. The number of benzene rings is 2. The lowest BCUT2D eigenvalue weighted by Gasteiger charge is -2.08. The molecule has 6 nitrogen and oxygen atoms in total. The van der Waals surface area contributed by atoms with Crippen molar-refractivity contribution >= 4 is 15.5 Å². The normalized spacial score (nSPS) is 12.4. The third-order valence-corrected chi connectivity index (χ3v) is 5.04. The van der Waals surface area contributed by atoms with Gasteiger partial charge in [-0.1, -0.05) is 29.8 Å². The molecule has 0 saturated carbocycles. The molecule has 1 atom stereocenters. The van der Waals surface area contributed by atoms with Crippen LogP contribution in [0.15, 0.2) is 53.4 Å². The highest BCUT2D eigenvalue weighted by Crippen LogP contribution is 2.35. The van der Waals surface area contributed by atoms with E-state index in [1.165, 1.54) is 36.4 Å². The summed E-state index contributed by atoms with van der Waals surface area (Å²) in [4.78, 5) is 13.5. The first-order chi connectivity index (χ1) is 10.4. The lowest BCUT2D eigenvalue weighted by atomic mass is 10.2. The molecule has 112 valence electrons. The second-order valence-corrected chi connectivity index (χ2v) is 6.66. The molecular weight excluding hydrogens is 304 g/mol. The molecule has 0 unspecified atom stereocenters. The maximum Gasteiger partial charge on any atom is 0.356 e. The van der Waals surface area contributed by atoms with Gasteiger partial charge in [0.1, 0.15) is 5.56 Å². The molecule has 0 aromatic heterocycles. The predicted octanol–water partition coefficient (Wildman–Crippen LogP) is 3.30. The van der Waals surface area contributed by atoms with E-state index in [9.17, 15) is 18.5 Å². The summed E-state index contributed by atoms with van der Waals surface area (Å²) in [6.45, 7) is 9.02. The Morgan fingerprint density at radius 1 is 1.14 bits per heavy atom. The van der Waals surface area contributed by atoms with E-state index in [2.05, 4.69) is 4.85 Å². The summed E-state index contributed by atoms with van der Waals surface area (Å²) in [5, 5.41) is 9.42. The van der Waals surface area contributed by atoms with Gasteiger partial charge in [0, 0.05) is 6.07 Å². The summed E-state index contributed by atoms with van der Waals surface area (Å²) in [6, 6.07) is 11.4. The van der Waals surface area contributed by atoms with Gasteiger partial charge in [0.15, 0.2) is 0 Å². The Morgan fingerprint density at radius 3 is 2.27 bits per heavy atom. The minimum Gasteiger partial charge on any atom is -0.290 e. The molecule has 2 rings (SSSR count). The molecule has 0 spiro atoms. The summed E-state index contributed by atoms with van der Waals surface area (Å²) in [5.41, 5.74) is 0.381. The minimum atomic E-state index is -4.04. The molecule has 0 saturated heterocycles. The molecule has 2 aromatic carbocycles. The quantitative estimate of drug-likeness (QED) is 0.492. The lowest BCUT2D eigenvalue weighted by molar-refractivity contribution is -0.385. The first-order valence-electron chi connectivity index (χ1n) is 6.28. The fourth-order valence-corrected chi connectivity index (χ4v) is 3.47. The Kier molecular flexibility index (Phi) is 4.24. The topological polar surface area (TPSA) is 81.6 Å². The average Bonchev–Trinajstić information content (AvgIpc) is 2.48. The van der Waals surface area contributed by atoms with Gasteiger partial charge < -0.3 is 0 Å².